The Bertz CT molecular complexity index is 473. The van der Waals surface area contributed by atoms with E-state index in [4.69, 9.17) is 0 Å². The molecule has 0 N–H and O–H groups in total. The molecule has 0 atom stereocenters. The molecule has 1 heterocycles. The third kappa shape index (κ3) is 1.24. The molecule has 1 fully saturated rings. The first-order valence-corrected chi connectivity index (χ1v) is 5.93. The van der Waals surface area contributed by atoms with Gasteiger partial charge in [0.15, 0.2) is 0 Å². The normalized spacial score (nSPS) is 17.2. The minimum absolute atomic E-state index is 0.597. The van der Waals surface area contributed by atoms with Crippen molar-refractivity contribution in [3.8, 4) is 0 Å². The van der Waals surface area contributed by atoms with E-state index in [2.05, 4.69) is 55.8 Å². The summed E-state index contributed by atoms with van der Waals surface area (Å²) in [7, 11) is 0. The Morgan fingerprint density at radius 2 is 2.21 bits per heavy atom. The Hall–Kier alpha value is -0.650. The monoisotopic (exact) mass is 299 g/mol. The fourth-order valence-electron chi connectivity index (χ4n) is 1.82. The molecule has 0 radical (unpaired) electrons. The lowest BCUT2D eigenvalue weighted by Gasteiger charge is -2.25. The van der Waals surface area contributed by atoms with Crippen LogP contribution in [-0.4, -0.2) is 15.0 Å². The molecular weight excluding hydrogens is 289 g/mol. The molecule has 1 aliphatic carbocycles. The van der Waals surface area contributed by atoms with Gasteiger partial charge in [-0.15, -0.1) is 5.10 Å². The van der Waals surface area contributed by atoms with Gasteiger partial charge in [-0.25, -0.2) is 4.68 Å². The summed E-state index contributed by atoms with van der Waals surface area (Å²) >= 11 is 2.30. The van der Waals surface area contributed by atoms with E-state index in [-0.39, 0.29) is 0 Å². The predicted octanol–water partition coefficient (Wildman–Crippen LogP) is 2.76. The van der Waals surface area contributed by atoms with Crippen LogP contribution in [0.4, 0.5) is 0 Å². The smallest absolute Gasteiger partial charge is 0.114 e. The Balaban J connectivity index is 2.16. The molecule has 1 aliphatic rings. The molecule has 1 aromatic carbocycles. The molecule has 1 saturated carbocycles. The maximum absolute atomic E-state index is 4.22. The van der Waals surface area contributed by atoms with Crippen molar-refractivity contribution in [2.75, 3.05) is 0 Å². The summed E-state index contributed by atoms with van der Waals surface area (Å²) in [5.41, 5.74) is 2.19. The fraction of sp³-hybridized carbons (Fsp3) is 0.400. The summed E-state index contributed by atoms with van der Waals surface area (Å²) in [5, 5.41) is 8.41. The molecule has 72 valence electrons. The zero-order valence-corrected chi connectivity index (χ0v) is 9.81. The van der Waals surface area contributed by atoms with Gasteiger partial charge in [-0.1, -0.05) is 5.21 Å². The van der Waals surface area contributed by atoms with Crippen molar-refractivity contribution in [2.24, 2.45) is 0 Å². The number of halogens is 1. The zero-order chi connectivity index (χ0) is 9.54. The minimum Gasteiger partial charge on any atom is -0.242 e. The molecule has 0 bridgehead atoms. The van der Waals surface area contributed by atoms with E-state index in [1.165, 1.54) is 28.3 Å². The highest BCUT2D eigenvalue weighted by Crippen LogP contribution is 2.32. The number of benzene rings is 1. The lowest BCUT2D eigenvalue weighted by atomic mass is 9.93. The summed E-state index contributed by atoms with van der Waals surface area (Å²) in [4.78, 5) is 0. The van der Waals surface area contributed by atoms with E-state index in [9.17, 15) is 0 Å². The van der Waals surface area contributed by atoms with Crippen molar-refractivity contribution in [1.82, 2.24) is 15.0 Å². The van der Waals surface area contributed by atoms with E-state index in [0.29, 0.717) is 6.04 Å². The highest BCUT2D eigenvalue weighted by Gasteiger charge is 2.22. The fourth-order valence-corrected chi connectivity index (χ4v) is 2.29. The largest absolute Gasteiger partial charge is 0.242 e. The van der Waals surface area contributed by atoms with Crippen LogP contribution in [0.1, 0.15) is 25.3 Å². The van der Waals surface area contributed by atoms with Gasteiger partial charge in [0.05, 0.1) is 11.6 Å². The third-order valence-electron chi connectivity index (χ3n) is 2.85. The topological polar surface area (TPSA) is 30.7 Å². The van der Waals surface area contributed by atoms with Crippen LogP contribution in [0.15, 0.2) is 18.2 Å². The van der Waals surface area contributed by atoms with Crippen LogP contribution < -0.4 is 0 Å². The average molecular weight is 299 g/mol. The molecule has 0 unspecified atom stereocenters. The molecular formula is C10H10IN3. The summed E-state index contributed by atoms with van der Waals surface area (Å²) in [6, 6.07) is 6.91. The van der Waals surface area contributed by atoms with Crippen molar-refractivity contribution >= 4 is 33.6 Å². The van der Waals surface area contributed by atoms with Crippen molar-refractivity contribution in [3.63, 3.8) is 0 Å². The van der Waals surface area contributed by atoms with Crippen LogP contribution in [0, 0.1) is 3.57 Å². The predicted molar refractivity (Wildman–Crippen MR) is 63.1 cm³/mol. The van der Waals surface area contributed by atoms with Crippen LogP contribution in [0.5, 0.6) is 0 Å². The third-order valence-corrected chi connectivity index (χ3v) is 3.52. The SMILES string of the molecule is Ic1ccc2c(c1)nnn2C1CCC1. The number of hydrogen-bond donors (Lipinski definition) is 0. The summed E-state index contributed by atoms with van der Waals surface area (Å²) in [6.45, 7) is 0. The van der Waals surface area contributed by atoms with E-state index in [1.807, 2.05) is 0 Å². The van der Waals surface area contributed by atoms with Gasteiger partial charge in [-0.3, -0.25) is 0 Å². The van der Waals surface area contributed by atoms with Crippen LogP contribution in [0.25, 0.3) is 11.0 Å². The van der Waals surface area contributed by atoms with E-state index in [0.717, 1.165) is 5.52 Å². The second kappa shape index (κ2) is 3.18. The van der Waals surface area contributed by atoms with Crippen LogP contribution >= 0.6 is 22.6 Å². The highest BCUT2D eigenvalue weighted by atomic mass is 127. The Labute approximate surface area is 95.6 Å². The van der Waals surface area contributed by atoms with Gasteiger partial charge in [0.25, 0.3) is 0 Å². The Kier molecular flexibility index (Phi) is 1.97. The molecule has 3 nitrogen and oxygen atoms in total. The quantitative estimate of drug-likeness (QED) is 0.758. The van der Waals surface area contributed by atoms with Gasteiger partial charge < -0.3 is 0 Å². The molecule has 14 heavy (non-hydrogen) atoms. The van der Waals surface area contributed by atoms with E-state index >= 15 is 0 Å². The number of hydrogen-bond acceptors (Lipinski definition) is 2. The second-order valence-electron chi connectivity index (χ2n) is 3.75. The second-order valence-corrected chi connectivity index (χ2v) is 5.00. The first kappa shape index (κ1) is 8.64. The maximum atomic E-state index is 4.22. The Morgan fingerprint density at radius 1 is 1.36 bits per heavy atom. The molecule has 3 rings (SSSR count). The average Bonchev–Trinajstić information content (AvgIpc) is 2.45. The standard InChI is InChI=1S/C10H10IN3/c11-7-4-5-10-9(6-7)12-13-14(10)8-2-1-3-8/h4-6,8H,1-3H2. The van der Waals surface area contributed by atoms with Crippen LogP contribution in [0.2, 0.25) is 0 Å². The van der Waals surface area contributed by atoms with Crippen molar-refractivity contribution in [3.05, 3.63) is 21.8 Å². The molecule has 0 saturated heterocycles. The van der Waals surface area contributed by atoms with E-state index in [1.54, 1.807) is 0 Å². The first-order chi connectivity index (χ1) is 6.84. The van der Waals surface area contributed by atoms with Gasteiger partial charge in [-0.05, 0) is 60.1 Å². The molecule has 4 heteroatoms. The highest BCUT2D eigenvalue weighted by molar-refractivity contribution is 14.1. The minimum atomic E-state index is 0.597. The molecule has 0 aliphatic heterocycles. The van der Waals surface area contributed by atoms with Gasteiger partial charge in [0.2, 0.25) is 0 Å². The summed E-state index contributed by atoms with van der Waals surface area (Å²) < 4.78 is 3.30. The number of aromatic nitrogens is 3. The molecule has 1 aromatic heterocycles. The van der Waals surface area contributed by atoms with Gasteiger partial charge >= 0.3 is 0 Å². The molecule has 0 amide bonds. The van der Waals surface area contributed by atoms with Gasteiger partial charge in [0, 0.05) is 3.57 Å². The zero-order valence-electron chi connectivity index (χ0n) is 7.65. The molecule has 2 aromatic rings. The van der Waals surface area contributed by atoms with Crippen LogP contribution in [-0.2, 0) is 0 Å². The maximum Gasteiger partial charge on any atom is 0.114 e. The number of fused-ring (bicyclic) bond motifs is 1. The van der Waals surface area contributed by atoms with Gasteiger partial charge in [-0.2, -0.15) is 0 Å². The molecule has 0 spiro atoms. The van der Waals surface area contributed by atoms with Crippen LogP contribution in [0.3, 0.4) is 0 Å². The summed E-state index contributed by atoms with van der Waals surface area (Å²) in [5.74, 6) is 0. The summed E-state index contributed by atoms with van der Waals surface area (Å²) in [6.07, 6.45) is 3.84. The van der Waals surface area contributed by atoms with Crippen molar-refractivity contribution in [2.45, 2.75) is 25.3 Å². The lowest BCUT2D eigenvalue weighted by Crippen LogP contribution is -2.18. The number of rotatable bonds is 1. The number of nitrogens with zero attached hydrogens (tertiary/aromatic N) is 3. The van der Waals surface area contributed by atoms with Crippen molar-refractivity contribution in [1.29, 1.82) is 0 Å². The first-order valence-electron chi connectivity index (χ1n) is 4.85. The van der Waals surface area contributed by atoms with Gasteiger partial charge in [0.1, 0.15) is 5.52 Å². The lowest BCUT2D eigenvalue weighted by molar-refractivity contribution is 0.292. The Morgan fingerprint density at radius 3 is 2.93 bits per heavy atom. The van der Waals surface area contributed by atoms with Crippen molar-refractivity contribution < 1.29 is 0 Å². The van der Waals surface area contributed by atoms with E-state index < -0.39 is 0 Å².